The van der Waals surface area contributed by atoms with Crippen LogP contribution in [0.25, 0.3) is 0 Å². The number of carbonyl (C=O) groups excluding carboxylic acids is 9. The number of aliphatic hydroxyl groups is 5. The molecule has 0 aromatic heterocycles. The summed E-state index contributed by atoms with van der Waals surface area (Å²) in [7, 11) is 0. The molecule has 30 heteroatoms. The summed E-state index contributed by atoms with van der Waals surface area (Å²) in [6.07, 6.45) is -4.32. The van der Waals surface area contributed by atoms with E-state index in [0.717, 1.165) is 43.4 Å². The zero-order valence-corrected chi connectivity index (χ0v) is 46.1. The molecule has 0 aromatic carbocycles. The van der Waals surface area contributed by atoms with Crippen molar-refractivity contribution in [3.05, 3.63) is 0 Å². The van der Waals surface area contributed by atoms with Crippen LogP contribution in [0.3, 0.4) is 0 Å². The van der Waals surface area contributed by atoms with Crippen LogP contribution in [0.5, 0.6) is 0 Å². The molecule has 0 spiro atoms. The van der Waals surface area contributed by atoms with Crippen LogP contribution < -0.4 is 38.1 Å². The van der Waals surface area contributed by atoms with Crippen molar-refractivity contribution in [1.82, 2.24) is 41.3 Å². The predicted octanol–water partition coefficient (Wildman–Crippen LogP) is -4.85. The average molecular weight is 1150 g/mol. The van der Waals surface area contributed by atoms with Crippen LogP contribution >= 0.6 is 0 Å². The van der Waals surface area contributed by atoms with E-state index in [1.165, 1.54) is 11.8 Å². The van der Waals surface area contributed by atoms with Gasteiger partial charge in [0.2, 0.25) is 47.3 Å². The molecule has 4 fully saturated rings. The van der Waals surface area contributed by atoms with Gasteiger partial charge in [-0.15, -0.1) is 0 Å². The maximum atomic E-state index is 14.5. The molecule has 4 saturated heterocycles. The van der Waals surface area contributed by atoms with E-state index in [9.17, 15) is 88.5 Å². The quantitative estimate of drug-likeness (QED) is 0.0235. The van der Waals surface area contributed by atoms with Crippen molar-refractivity contribution in [2.45, 2.75) is 209 Å². The number of nitrogens with two attached hydrogens (primary N) is 2. The maximum absolute atomic E-state index is 14.5. The number of carboxylic acids is 2. The molecule has 4 rings (SSSR count). The smallest absolute Gasteiger partial charge is 0.335 e. The van der Waals surface area contributed by atoms with Crippen molar-refractivity contribution >= 4 is 71.1 Å². The number of guanidine groups is 1. The highest BCUT2D eigenvalue weighted by atomic mass is 16.5. The molecule has 5 unspecified atom stereocenters. The third kappa shape index (κ3) is 19.2. The van der Waals surface area contributed by atoms with E-state index in [1.54, 1.807) is 0 Å². The van der Waals surface area contributed by atoms with Crippen molar-refractivity contribution in [3.8, 4) is 0 Å². The second-order valence-electron chi connectivity index (χ2n) is 21.5. The fraction of sp³-hybridized carbons (Fsp3) is 0.765. The van der Waals surface area contributed by atoms with Gasteiger partial charge in [0.1, 0.15) is 48.4 Å². The molecule has 0 bridgehead atoms. The topological polar surface area (TPSA) is 473 Å². The Hall–Kier alpha value is -6.76. The lowest BCUT2D eigenvalue weighted by atomic mass is 10.0. The molecular weight excluding hydrogens is 1070 g/mol. The first kappa shape index (κ1) is 66.7. The number of carboxylic acid groups (broad SMARTS) is 2. The summed E-state index contributed by atoms with van der Waals surface area (Å²) in [4.78, 5) is 158. The number of aliphatic hydroxyl groups excluding tert-OH is 5. The third-order valence-electron chi connectivity index (χ3n) is 14.8. The largest absolute Gasteiger partial charge is 0.479 e. The lowest BCUT2D eigenvalue weighted by Crippen LogP contribution is -2.64. The van der Waals surface area contributed by atoms with Crippen LogP contribution in [0.15, 0.2) is 4.99 Å². The monoisotopic (exact) mass is 1150 g/mol. The number of carbonyl (C=O) groups is 11. The summed E-state index contributed by atoms with van der Waals surface area (Å²) in [5.74, 6) is -14.5. The SMILES string of the molecule is CC(C)CCCCCCCCCC1CC(=O)N[C@@H]([C@@H](C)O)C(=O)N2CCC[C@H]2C(=O)N2CCC[C@H]2C(=O)N[C@@H](CCCN=C(N)N)C(=O)NC(C(O)C(=O)O)C(=O)N[C@@H](CO)C(=O)N2CCC(O)[C@H]2C(=O)N[C@@H](C(O)C(=O)O)C(=O)O1. The summed E-state index contributed by atoms with van der Waals surface area (Å²) in [6, 6.07) is -14.9. The summed E-state index contributed by atoms with van der Waals surface area (Å²) < 4.78 is 5.66. The lowest BCUT2D eigenvalue weighted by molar-refractivity contribution is -0.165. The Morgan fingerprint density at radius 2 is 1.19 bits per heavy atom. The van der Waals surface area contributed by atoms with E-state index in [1.807, 2.05) is 10.6 Å². The third-order valence-corrected chi connectivity index (χ3v) is 14.8. The summed E-state index contributed by atoms with van der Waals surface area (Å²) in [5, 5.41) is 84.8. The van der Waals surface area contributed by atoms with E-state index in [0.29, 0.717) is 23.7 Å². The zero-order valence-electron chi connectivity index (χ0n) is 46.1. The van der Waals surface area contributed by atoms with Gasteiger partial charge in [0.05, 0.1) is 25.2 Å². The van der Waals surface area contributed by atoms with Crippen LogP contribution in [-0.4, -0.2) is 233 Å². The number of aliphatic imine (C=N–C) groups is 1. The van der Waals surface area contributed by atoms with Gasteiger partial charge in [-0.25, -0.2) is 14.4 Å². The number of amides is 8. The highest BCUT2D eigenvalue weighted by molar-refractivity contribution is 6.00. The minimum atomic E-state index is -2.76. The molecule has 0 aliphatic carbocycles. The fourth-order valence-corrected chi connectivity index (χ4v) is 10.4. The zero-order chi connectivity index (χ0) is 60.2. The van der Waals surface area contributed by atoms with Gasteiger partial charge in [-0.05, 0) is 70.6 Å². The Morgan fingerprint density at radius 1 is 0.617 bits per heavy atom. The molecule has 4 heterocycles. The Bertz CT molecular complexity index is 2270. The van der Waals surface area contributed by atoms with E-state index in [4.69, 9.17) is 16.2 Å². The average Bonchev–Trinajstić information content (AvgIpc) is 4.22. The molecule has 0 saturated carbocycles. The summed E-state index contributed by atoms with van der Waals surface area (Å²) in [6.45, 7) is 3.59. The van der Waals surface area contributed by atoms with Crippen LogP contribution in [0, 0.1) is 5.92 Å². The Morgan fingerprint density at radius 3 is 1.78 bits per heavy atom. The molecule has 4 aliphatic heterocycles. The van der Waals surface area contributed by atoms with E-state index in [2.05, 4.69) is 34.8 Å². The summed E-state index contributed by atoms with van der Waals surface area (Å²) in [5.41, 5.74) is 10.9. The van der Waals surface area contributed by atoms with Crippen molar-refractivity contribution < 1.29 is 93.2 Å². The first-order valence-corrected chi connectivity index (χ1v) is 27.8. The van der Waals surface area contributed by atoms with Crippen LogP contribution in [-0.2, 0) is 57.5 Å². The molecule has 0 radical (unpaired) electrons. The summed E-state index contributed by atoms with van der Waals surface area (Å²) >= 11 is 0. The number of hydrogen-bond acceptors (Lipinski definition) is 18. The van der Waals surface area contributed by atoms with Gasteiger partial charge in [0, 0.05) is 26.2 Å². The second-order valence-corrected chi connectivity index (χ2v) is 21.5. The molecule has 30 nitrogen and oxygen atoms in total. The van der Waals surface area contributed by atoms with Gasteiger partial charge < -0.3 is 93.2 Å². The number of nitrogens with one attached hydrogen (secondary N) is 5. The molecule has 0 aromatic rings. The minimum Gasteiger partial charge on any atom is -0.479 e. The first-order valence-electron chi connectivity index (χ1n) is 27.8. The second kappa shape index (κ2) is 32.0. The number of ether oxygens (including phenoxy) is 1. The van der Waals surface area contributed by atoms with Gasteiger partial charge in [0.15, 0.2) is 24.2 Å². The molecule has 4 aliphatic rings. The number of nitrogens with zero attached hydrogens (tertiary/aromatic N) is 4. The Kier molecular flexibility index (Phi) is 26.4. The number of fused-ring (bicyclic) bond motifs is 3. The van der Waals surface area contributed by atoms with Gasteiger partial charge in [-0.1, -0.05) is 58.8 Å². The number of rotatable bonds is 20. The highest BCUT2D eigenvalue weighted by Gasteiger charge is 2.48. The van der Waals surface area contributed by atoms with Gasteiger partial charge in [-0.3, -0.25) is 43.3 Å². The van der Waals surface area contributed by atoms with E-state index in [-0.39, 0.29) is 77.0 Å². The predicted molar refractivity (Wildman–Crippen MR) is 282 cm³/mol. The molecule has 8 amide bonds. The number of esters is 1. The fourth-order valence-electron chi connectivity index (χ4n) is 10.4. The first-order chi connectivity index (χ1) is 38.3. The lowest BCUT2D eigenvalue weighted by Gasteiger charge is -2.34. The van der Waals surface area contributed by atoms with Crippen molar-refractivity contribution in [2.24, 2.45) is 22.4 Å². The normalized spacial score (nSPS) is 28.2. The van der Waals surface area contributed by atoms with Crippen molar-refractivity contribution in [1.29, 1.82) is 0 Å². The maximum Gasteiger partial charge on any atom is 0.335 e. The molecule has 16 N–H and O–H groups in total. The van der Waals surface area contributed by atoms with Crippen LogP contribution in [0.4, 0.5) is 0 Å². The standard InChI is InChI=1S/C51H83N11O19/c1-26(2)14-9-7-5-4-6-8-10-15-28-24-34(66)57-35(27(3)64)47(75)61-22-13-18-32(61)46(74)60-21-12-17-31(60)42(70)55-29(16-11-20-54-51(52)53)41(69)58-36(39(67)48(76)77)43(71)56-30(25-63)45(73)62-23-19-33(65)38(62)44(72)59-37(50(80)81-28)40(68)49(78)79/h26-33,35-40,63-65,67-68H,4-25H2,1-3H3,(H,55,70)(H,56,71)(H,57,66)(H,58,69)(H,59,72)(H,76,77)(H,78,79)(H4,52,53,54)/t27-,28?,29+,30+,31+,32+,33?,35+,36?,37+,38+,39?,40?/m1/s1. The number of aliphatic carboxylic acids is 2. The number of cyclic esters (lactones) is 1. The molecule has 81 heavy (non-hydrogen) atoms. The number of unbranched alkanes of at least 4 members (excludes halogenated alkanes) is 6. The van der Waals surface area contributed by atoms with Crippen LogP contribution in [0.2, 0.25) is 0 Å². The van der Waals surface area contributed by atoms with Crippen molar-refractivity contribution in [3.63, 3.8) is 0 Å². The molecular formula is C51H83N11O19. The van der Waals surface area contributed by atoms with Gasteiger partial charge in [-0.2, -0.15) is 0 Å². The van der Waals surface area contributed by atoms with Crippen LogP contribution in [0.1, 0.15) is 130 Å². The number of hydrogen-bond donors (Lipinski definition) is 14. The van der Waals surface area contributed by atoms with E-state index < -0.39 is 164 Å². The Balaban J connectivity index is 1.77. The minimum absolute atomic E-state index is 0.00867. The molecule has 13 atom stereocenters. The Labute approximate surface area is 468 Å². The molecule has 456 valence electrons. The van der Waals surface area contributed by atoms with Gasteiger partial charge >= 0.3 is 17.9 Å². The van der Waals surface area contributed by atoms with Gasteiger partial charge in [0.25, 0.3) is 0 Å². The van der Waals surface area contributed by atoms with E-state index >= 15 is 0 Å². The van der Waals surface area contributed by atoms with Crippen molar-refractivity contribution in [2.75, 3.05) is 32.8 Å². The highest BCUT2D eigenvalue weighted by Crippen LogP contribution is 2.27.